The van der Waals surface area contributed by atoms with Gasteiger partial charge in [-0.3, -0.25) is 4.79 Å². The molecular weight excluding hydrogens is 212 g/mol. The second kappa shape index (κ2) is 4.88. The van der Waals surface area contributed by atoms with Crippen molar-refractivity contribution in [1.29, 1.82) is 0 Å². The molecule has 1 aromatic rings. The summed E-state index contributed by atoms with van der Waals surface area (Å²) in [5, 5.41) is 0. The number of carbonyl (C=O) groups is 1. The Hall–Kier alpha value is -1.35. The van der Waals surface area contributed by atoms with Gasteiger partial charge < -0.3 is 9.80 Å². The molecule has 2 unspecified atom stereocenters. The van der Waals surface area contributed by atoms with E-state index in [4.69, 9.17) is 0 Å². The number of nitrogens with zero attached hydrogens (tertiary/aromatic N) is 2. The first-order valence-electron chi connectivity index (χ1n) is 6.04. The molecule has 1 aliphatic heterocycles. The number of amides is 1. The summed E-state index contributed by atoms with van der Waals surface area (Å²) >= 11 is 0. The van der Waals surface area contributed by atoms with E-state index in [1.165, 1.54) is 11.1 Å². The number of aryl methyl sites for hydroxylation is 1. The van der Waals surface area contributed by atoms with Crippen molar-refractivity contribution >= 4 is 6.41 Å². The molecule has 17 heavy (non-hydrogen) atoms. The van der Waals surface area contributed by atoms with Crippen LogP contribution in [0.1, 0.15) is 17.0 Å². The molecule has 3 heteroatoms. The van der Waals surface area contributed by atoms with Crippen molar-refractivity contribution in [2.75, 3.05) is 27.2 Å². The summed E-state index contributed by atoms with van der Waals surface area (Å²) in [5.41, 5.74) is 2.61. The van der Waals surface area contributed by atoms with Crippen LogP contribution in [0.5, 0.6) is 0 Å². The van der Waals surface area contributed by atoms with Crippen molar-refractivity contribution < 1.29 is 4.79 Å². The number of hydrogen-bond donors (Lipinski definition) is 0. The van der Waals surface area contributed by atoms with E-state index < -0.39 is 0 Å². The SMILES string of the molecule is Cc1ccc(C2CN(C=O)CC2N(C)C)cc1. The summed E-state index contributed by atoms with van der Waals surface area (Å²) in [7, 11) is 4.17. The van der Waals surface area contributed by atoms with Crippen LogP contribution in [-0.4, -0.2) is 49.4 Å². The predicted octanol–water partition coefficient (Wildman–Crippen LogP) is 1.48. The van der Waals surface area contributed by atoms with Gasteiger partial charge in [0.2, 0.25) is 6.41 Å². The van der Waals surface area contributed by atoms with Crippen molar-refractivity contribution in [2.45, 2.75) is 18.9 Å². The van der Waals surface area contributed by atoms with Gasteiger partial charge >= 0.3 is 0 Å². The fraction of sp³-hybridized carbons (Fsp3) is 0.500. The molecule has 1 fully saturated rings. The Labute approximate surface area is 103 Å². The minimum absolute atomic E-state index is 0.419. The lowest BCUT2D eigenvalue weighted by atomic mass is 9.93. The lowest BCUT2D eigenvalue weighted by Gasteiger charge is -2.25. The Morgan fingerprint density at radius 1 is 1.24 bits per heavy atom. The van der Waals surface area contributed by atoms with Crippen molar-refractivity contribution in [3.63, 3.8) is 0 Å². The second-order valence-electron chi connectivity index (χ2n) is 5.11. The fourth-order valence-corrected chi connectivity index (χ4v) is 2.57. The highest BCUT2D eigenvalue weighted by Gasteiger charge is 2.34. The van der Waals surface area contributed by atoms with Gasteiger partial charge in [0.1, 0.15) is 0 Å². The van der Waals surface area contributed by atoms with Crippen LogP contribution in [0, 0.1) is 6.92 Å². The van der Waals surface area contributed by atoms with E-state index in [-0.39, 0.29) is 0 Å². The molecule has 1 saturated heterocycles. The highest BCUT2D eigenvalue weighted by Crippen LogP contribution is 2.29. The normalized spacial score (nSPS) is 24.4. The van der Waals surface area contributed by atoms with E-state index in [1.54, 1.807) is 0 Å². The molecule has 1 amide bonds. The Kier molecular flexibility index (Phi) is 3.48. The average molecular weight is 232 g/mol. The number of carbonyl (C=O) groups excluding carboxylic acids is 1. The summed E-state index contributed by atoms with van der Waals surface area (Å²) in [6.07, 6.45) is 0.963. The minimum Gasteiger partial charge on any atom is -0.343 e. The molecule has 92 valence electrons. The van der Waals surface area contributed by atoms with Crippen molar-refractivity contribution in [3.05, 3.63) is 35.4 Å². The zero-order valence-electron chi connectivity index (χ0n) is 10.8. The van der Waals surface area contributed by atoms with Crippen LogP contribution in [0.2, 0.25) is 0 Å². The van der Waals surface area contributed by atoms with Gasteiger partial charge in [0.15, 0.2) is 0 Å². The molecule has 0 aliphatic carbocycles. The third kappa shape index (κ3) is 2.50. The van der Waals surface area contributed by atoms with E-state index in [0.717, 1.165) is 19.5 Å². The smallest absolute Gasteiger partial charge is 0.209 e. The maximum atomic E-state index is 10.9. The number of likely N-dealkylation sites (N-methyl/N-ethyl adjacent to an activating group) is 1. The Morgan fingerprint density at radius 3 is 2.41 bits per heavy atom. The van der Waals surface area contributed by atoms with Crippen LogP contribution in [0.15, 0.2) is 24.3 Å². The van der Waals surface area contributed by atoms with Gasteiger partial charge in [-0.1, -0.05) is 29.8 Å². The molecule has 0 spiro atoms. The van der Waals surface area contributed by atoms with Gasteiger partial charge in [-0.15, -0.1) is 0 Å². The van der Waals surface area contributed by atoms with Crippen LogP contribution in [0.25, 0.3) is 0 Å². The first-order chi connectivity index (χ1) is 8.11. The van der Waals surface area contributed by atoms with E-state index in [1.807, 2.05) is 4.90 Å². The summed E-state index contributed by atoms with van der Waals surface area (Å²) in [6.45, 7) is 3.75. The van der Waals surface area contributed by atoms with E-state index in [9.17, 15) is 4.79 Å². The largest absolute Gasteiger partial charge is 0.343 e. The first kappa shape index (κ1) is 12.1. The number of benzene rings is 1. The van der Waals surface area contributed by atoms with Crippen LogP contribution < -0.4 is 0 Å². The number of hydrogen-bond acceptors (Lipinski definition) is 2. The minimum atomic E-state index is 0.419. The average Bonchev–Trinajstić information content (AvgIpc) is 2.74. The van der Waals surface area contributed by atoms with Gasteiger partial charge in [-0.05, 0) is 26.6 Å². The number of likely N-dealkylation sites (tertiary alicyclic amines) is 1. The van der Waals surface area contributed by atoms with E-state index >= 15 is 0 Å². The fourth-order valence-electron chi connectivity index (χ4n) is 2.57. The summed E-state index contributed by atoms with van der Waals surface area (Å²) in [6, 6.07) is 9.08. The maximum absolute atomic E-state index is 10.9. The molecule has 1 aliphatic rings. The zero-order chi connectivity index (χ0) is 12.4. The molecule has 2 rings (SSSR count). The molecule has 3 nitrogen and oxygen atoms in total. The molecule has 2 atom stereocenters. The lowest BCUT2D eigenvalue weighted by Crippen LogP contribution is -2.34. The van der Waals surface area contributed by atoms with Gasteiger partial charge in [0.25, 0.3) is 0 Å². The molecule has 0 N–H and O–H groups in total. The second-order valence-corrected chi connectivity index (χ2v) is 5.11. The summed E-state index contributed by atoms with van der Waals surface area (Å²) in [5.74, 6) is 0.427. The molecule has 1 heterocycles. The molecule has 0 bridgehead atoms. The highest BCUT2D eigenvalue weighted by molar-refractivity contribution is 5.49. The van der Waals surface area contributed by atoms with Crippen molar-refractivity contribution in [3.8, 4) is 0 Å². The van der Waals surface area contributed by atoms with E-state index in [0.29, 0.717) is 12.0 Å². The Morgan fingerprint density at radius 2 is 1.88 bits per heavy atom. The Bertz CT molecular complexity index is 386. The molecule has 1 aromatic carbocycles. The summed E-state index contributed by atoms with van der Waals surface area (Å²) < 4.78 is 0. The van der Waals surface area contributed by atoms with E-state index in [2.05, 4.69) is 50.2 Å². The van der Waals surface area contributed by atoms with Crippen LogP contribution in [0.3, 0.4) is 0 Å². The predicted molar refractivity (Wildman–Crippen MR) is 69.0 cm³/mol. The third-order valence-electron chi connectivity index (χ3n) is 3.64. The highest BCUT2D eigenvalue weighted by atomic mass is 16.1. The first-order valence-corrected chi connectivity index (χ1v) is 6.04. The molecule has 0 aromatic heterocycles. The van der Waals surface area contributed by atoms with Gasteiger partial charge in [-0.2, -0.15) is 0 Å². The monoisotopic (exact) mass is 232 g/mol. The Balaban J connectivity index is 2.23. The molecule has 0 radical (unpaired) electrons. The molecular formula is C14H20N2O. The van der Waals surface area contributed by atoms with Gasteiger partial charge in [-0.25, -0.2) is 0 Å². The van der Waals surface area contributed by atoms with Gasteiger partial charge in [0.05, 0.1) is 0 Å². The topological polar surface area (TPSA) is 23.6 Å². The van der Waals surface area contributed by atoms with Crippen LogP contribution >= 0.6 is 0 Å². The molecule has 0 saturated carbocycles. The van der Waals surface area contributed by atoms with Crippen LogP contribution in [-0.2, 0) is 4.79 Å². The lowest BCUT2D eigenvalue weighted by molar-refractivity contribution is -0.117. The quantitative estimate of drug-likeness (QED) is 0.737. The standard InChI is InChI=1S/C14H20N2O/c1-11-4-6-12(7-5-11)13-8-16(10-17)9-14(13)15(2)3/h4-7,10,13-14H,8-9H2,1-3H3. The van der Waals surface area contributed by atoms with Crippen molar-refractivity contribution in [2.24, 2.45) is 0 Å². The van der Waals surface area contributed by atoms with Crippen molar-refractivity contribution in [1.82, 2.24) is 9.80 Å². The van der Waals surface area contributed by atoms with Crippen LogP contribution in [0.4, 0.5) is 0 Å². The third-order valence-corrected chi connectivity index (χ3v) is 3.64. The van der Waals surface area contributed by atoms with Gasteiger partial charge in [0, 0.05) is 25.0 Å². The summed E-state index contributed by atoms with van der Waals surface area (Å²) in [4.78, 5) is 15.0. The number of rotatable bonds is 3. The zero-order valence-corrected chi connectivity index (χ0v) is 10.8. The maximum Gasteiger partial charge on any atom is 0.209 e.